The summed E-state index contributed by atoms with van der Waals surface area (Å²) in [4.78, 5) is 3.17. The Bertz CT molecular complexity index is 807. The lowest BCUT2D eigenvalue weighted by molar-refractivity contribution is 0.419. The van der Waals surface area contributed by atoms with Crippen molar-refractivity contribution in [2.45, 2.75) is 0 Å². The van der Waals surface area contributed by atoms with Gasteiger partial charge in [0, 0.05) is 10.7 Å². The molecule has 0 aliphatic rings. The molecule has 0 saturated carbocycles. The van der Waals surface area contributed by atoms with Crippen molar-refractivity contribution in [2.24, 2.45) is 0 Å². The second-order valence-corrected chi connectivity index (χ2v) is 4.92. The van der Waals surface area contributed by atoms with Crippen LogP contribution in [0.25, 0.3) is 16.7 Å². The second kappa shape index (κ2) is 4.72. The number of para-hydroxylation sites is 1. The van der Waals surface area contributed by atoms with E-state index >= 15 is 0 Å². The minimum atomic E-state index is 0.613. The zero-order valence-corrected chi connectivity index (χ0v) is 11.8. The van der Waals surface area contributed by atoms with E-state index in [0.717, 1.165) is 22.5 Å². The molecule has 3 rings (SSSR count). The number of hydrogen-bond donors (Lipinski definition) is 1. The first-order valence-electron chi connectivity index (χ1n) is 5.74. The van der Waals surface area contributed by atoms with Crippen LogP contribution in [0.1, 0.15) is 0 Å². The number of imidazole rings is 1. The molecule has 0 aliphatic carbocycles. The van der Waals surface area contributed by atoms with E-state index in [4.69, 9.17) is 28.6 Å². The SMILES string of the molecule is COc1cccc2c1[nH]c(=S)n2-c1cccc(Cl)c1. The molecule has 0 spiro atoms. The summed E-state index contributed by atoms with van der Waals surface area (Å²) in [6, 6.07) is 13.4. The molecule has 0 fully saturated rings. The number of methoxy groups -OCH3 is 1. The molecule has 19 heavy (non-hydrogen) atoms. The van der Waals surface area contributed by atoms with Crippen LogP contribution in [0.4, 0.5) is 0 Å². The van der Waals surface area contributed by atoms with E-state index in [-0.39, 0.29) is 0 Å². The van der Waals surface area contributed by atoms with Crippen molar-refractivity contribution in [3.63, 3.8) is 0 Å². The van der Waals surface area contributed by atoms with Crippen molar-refractivity contribution < 1.29 is 4.74 Å². The van der Waals surface area contributed by atoms with E-state index in [1.807, 2.05) is 47.0 Å². The normalized spacial score (nSPS) is 10.8. The number of H-pyrrole nitrogens is 1. The van der Waals surface area contributed by atoms with Crippen LogP contribution in [0.5, 0.6) is 5.75 Å². The zero-order chi connectivity index (χ0) is 13.4. The fourth-order valence-corrected chi connectivity index (χ4v) is 2.64. The summed E-state index contributed by atoms with van der Waals surface area (Å²) in [6.07, 6.45) is 0. The van der Waals surface area contributed by atoms with Gasteiger partial charge >= 0.3 is 0 Å². The molecule has 0 saturated heterocycles. The maximum atomic E-state index is 6.04. The molecule has 3 nitrogen and oxygen atoms in total. The third-order valence-electron chi connectivity index (χ3n) is 2.97. The minimum Gasteiger partial charge on any atom is -0.494 e. The zero-order valence-electron chi connectivity index (χ0n) is 10.2. The highest BCUT2D eigenvalue weighted by Crippen LogP contribution is 2.27. The van der Waals surface area contributed by atoms with E-state index in [1.54, 1.807) is 7.11 Å². The molecule has 1 N–H and O–H groups in total. The Labute approximate surface area is 120 Å². The average Bonchev–Trinajstić information content (AvgIpc) is 2.74. The molecule has 0 bridgehead atoms. The van der Waals surface area contributed by atoms with E-state index in [1.165, 1.54) is 0 Å². The van der Waals surface area contributed by atoms with Gasteiger partial charge in [0.15, 0.2) is 4.77 Å². The van der Waals surface area contributed by atoms with Gasteiger partial charge in [-0.05, 0) is 42.5 Å². The van der Waals surface area contributed by atoms with Gasteiger partial charge in [-0.3, -0.25) is 4.57 Å². The Morgan fingerprint density at radius 2 is 2.00 bits per heavy atom. The topological polar surface area (TPSA) is 29.9 Å². The number of fused-ring (bicyclic) bond motifs is 1. The highest BCUT2D eigenvalue weighted by Gasteiger charge is 2.10. The van der Waals surface area contributed by atoms with Crippen LogP contribution >= 0.6 is 23.8 Å². The Kier molecular flexibility index (Phi) is 3.05. The summed E-state index contributed by atoms with van der Waals surface area (Å²) in [5.74, 6) is 0.768. The molecule has 3 aromatic rings. The van der Waals surface area contributed by atoms with Crippen molar-refractivity contribution in [2.75, 3.05) is 7.11 Å². The maximum absolute atomic E-state index is 6.04. The summed E-state index contributed by atoms with van der Waals surface area (Å²) in [7, 11) is 1.64. The van der Waals surface area contributed by atoms with Gasteiger partial charge in [-0.2, -0.15) is 0 Å². The third-order valence-corrected chi connectivity index (χ3v) is 3.49. The largest absolute Gasteiger partial charge is 0.494 e. The van der Waals surface area contributed by atoms with E-state index in [9.17, 15) is 0 Å². The number of rotatable bonds is 2. The van der Waals surface area contributed by atoms with Gasteiger partial charge in [-0.1, -0.05) is 23.7 Å². The second-order valence-electron chi connectivity index (χ2n) is 4.10. The van der Waals surface area contributed by atoms with Crippen LogP contribution in [0.2, 0.25) is 5.02 Å². The molecule has 5 heteroatoms. The molecule has 0 unspecified atom stereocenters. The van der Waals surface area contributed by atoms with Gasteiger partial charge in [0.2, 0.25) is 0 Å². The van der Waals surface area contributed by atoms with Crippen LogP contribution in [-0.4, -0.2) is 16.7 Å². The highest BCUT2D eigenvalue weighted by atomic mass is 35.5. The smallest absolute Gasteiger partial charge is 0.182 e. The number of nitrogens with one attached hydrogen (secondary N) is 1. The number of aromatic nitrogens is 2. The summed E-state index contributed by atoms with van der Waals surface area (Å²) in [5, 5.41) is 0.677. The molecular formula is C14H11ClN2OS. The van der Waals surface area contributed by atoms with Gasteiger partial charge in [-0.15, -0.1) is 0 Å². The number of ether oxygens (including phenoxy) is 1. The number of nitrogens with zero attached hydrogens (tertiary/aromatic N) is 1. The fraction of sp³-hybridized carbons (Fsp3) is 0.0714. The van der Waals surface area contributed by atoms with Crippen molar-refractivity contribution in [3.05, 3.63) is 52.3 Å². The maximum Gasteiger partial charge on any atom is 0.182 e. The first-order chi connectivity index (χ1) is 9.20. The predicted molar refractivity (Wildman–Crippen MR) is 80.0 cm³/mol. The van der Waals surface area contributed by atoms with Gasteiger partial charge in [0.1, 0.15) is 11.3 Å². The molecule has 96 valence electrons. The van der Waals surface area contributed by atoms with E-state index in [2.05, 4.69) is 4.98 Å². The molecule has 0 atom stereocenters. The molecule has 0 radical (unpaired) electrons. The Hall–Kier alpha value is -1.78. The Morgan fingerprint density at radius 3 is 2.74 bits per heavy atom. The van der Waals surface area contributed by atoms with Crippen LogP contribution in [-0.2, 0) is 0 Å². The van der Waals surface area contributed by atoms with Crippen molar-refractivity contribution in [1.29, 1.82) is 0 Å². The van der Waals surface area contributed by atoms with Crippen LogP contribution < -0.4 is 4.74 Å². The summed E-state index contributed by atoms with van der Waals surface area (Å²) in [5.41, 5.74) is 2.78. The highest BCUT2D eigenvalue weighted by molar-refractivity contribution is 7.71. The number of benzene rings is 2. The first-order valence-corrected chi connectivity index (χ1v) is 6.53. The van der Waals surface area contributed by atoms with Gasteiger partial charge < -0.3 is 9.72 Å². The molecular weight excluding hydrogens is 280 g/mol. The van der Waals surface area contributed by atoms with Gasteiger partial charge in [0.25, 0.3) is 0 Å². The van der Waals surface area contributed by atoms with Crippen LogP contribution in [0, 0.1) is 4.77 Å². The summed E-state index contributed by atoms with van der Waals surface area (Å²) >= 11 is 11.4. The lowest BCUT2D eigenvalue weighted by atomic mass is 10.2. The molecule has 2 aromatic carbocycles. The molecule has 0 amide bonds. The lowest BCUT2D eigenvalue weighted by Crippen LogP contribution is -1.93. The summed E-state index contributed by atoms with van der Waals surface area (Å²) in [6.45, 7) is 0. The quantitative estimate of drug-likeness (QED) is 0.711. The monoisotopic (exact) mass is 290 g/mol. The standard InChI is InChI=1S/C14H11ClN2OS/c1-18-12-7-3-6-11-13(12)16-14(19)17(11)10-5-2-4-9(15)8-10/h2-8H,1H3,(H,16,19). The van der Waals surface area contributed by atoms with Crippen LogP contribution in [0.15, 0.2) is 42.5 Å². The first kappa shape index (κ1) is 12.3. The Morgan fingerprint density at radius 1 is 1.21 bits per heavy atom. The molecule has 1 aromatic heterocycles. The average molecular weight is 291 g/mol. The predicted octanol–water partition coefficient (Wildman–Crippen LogP) is 4.35. The fourth-order valence-electron chi connectivity index (χ4n) is 2.15. The van der Waals surface area contributed by atoms with Crippen molar-refractivity contribution in [1.82, 2.24) is 9.55 Å². The van der Waals surface area contributed by atoms with Gasteiger partial charge in [0.05, 0.1) is 12.6 Å². The summed E-state index contributed by atoms with van der Waals surface area (Å²) < 4.78 is 7.89. The number of aromatic amines is 1. The number of halogens is 1. The third kappa shape index (κ3) is 2.03. The van der Waals surface area contributed by atoms with E-state index in [0.29, 0.717) is 9.79 Å². The molecule has 1 heterocycles. The number of hydrogen-bond acceptors (Lipinski definition) is 2. The van der Waals surface area contributed by atoms with Crippen molar-refractivity contribution in [3.8, 4) is 11.4 Å². The van der Waals surface area contributed by atoms with E-state index < -0.39 is 0 Å². The lowest BCUT2D eigenvalue weighted by Gasteiger charge is -2.05. The van der Waals surface area contributed by atoms with Gasteiger partial charge in [-0.25, -0.2) is 0 Å². The minimum absolute atomic E-state index is 0.613. The van der Waals surface area contributed by atoms with Crippen LogP contribution in [0.3, 0.4) is 0 Å². The van der Waals surface area contributed by atoms with Crippen molar-refractivity contribution >= 4 is 34.9 Å². The molecule has 0 aliphatic heterocycles. The Balaban J connectivity index is 2.36.